The molecule has 1 unspecified atom stereocenters. The topological polar surface area (TPSA) is 55.1 Å². The van der Waals surface area contributed by atoms with Crippen LogP contribution in [0, 0.1) is 13.8 Å². The number of carboxylic acid groups (broad SMARTS) is 1. The molecule has 0 radical (unpaired) electrons. The molecule has 78 valence electrons. The predicted molar refractivity (Wildman–Crippen MR) is 48.9 cm³/mol. The molecule has 0 saturated carbocycles. The Labute approximate surface area is 81.3 Å². The number of alkyl halides is 1. The Morgan fingerprint density at radius 2 is 2.21 bits per heavy atom. The normalized spacial score (nSPS) is 12.9. The molecule has 0 aromatic carbocycles. The van der Waals surface area contributed by atoms with Crippen molar-refractivity contribution in [3.63, 3.8) is 0 Å². The minimum Gasteiger partial charge on any atom is -0.479 e. The fourth-order valence-electron chi connectivity index (χ4n) is 1.38. The van der Waals surface area contributed by atoms with Crippen LogP contribution in [0.15, 0.2) is 0 Å². The SMILES string of the molecule is Cc1nn(C)c(C)c1CC(F)C(=O)O. The van der Waals surface area contributed by atoms with Crippen molar-refractivity contribution < 1.29 is 14.3 Å². The maximum Gasteiger partial charge on any atom is 0.338 e. The van der Waals surface area contributed by atoms with E-state index >= 15 is 0 Å². The third-order valence-corrected chi connectivity index (χ3v) is 2.31. The Morgan fingerprint density at radius 3 is 2.57 bits per heavy atom. The summed E-state index contributed by atoms with van der Waals surface area (Å²) in [7, 11) is 1.75. The van der Waals surface area contributed by atoms with Crippen molar-refractivity contribution in [1.29, 1.82) is 0 Å². The third-order valence-electron chi connectivity index (χ3n) is 2.31. The fourth-order valence-corrected chi connectivity index (χ4v) is 1.38. The molecule has 1 atom stereocenters. The molecule has 0 aliphatic heterocycles. The fraction of sp³-hybridized carbons (Fsp3) is 0.556. The van der Waals surface area contributed by atoms with E-state index in [1.807, 2.05) is 0 Å². The number of nitrogens with zero attached hydrogens (tertiary/aromatic N) is 2. The van der Waals surface area contributed by atoms with Crippen LogP contribution in [0.3, 0.4) is 0 Å². The molecule has 1 aromatic heterocycles. The van der Waals surface area contributed by atoms with Crippen LogP contribution in [0.4, 0.5) is 4.39 Å². The summed E-state index contributed by atoms with van der Waals surface area (Å²) in [4.78, 5) is 10.3. The first-order chi connectivity index (χ1) is 6.43. The molecule has 14 heavy (non-hydrogen) atoms. The van der Waals surface area contributed by atoms with E-state index in [0.29, 0.717) is 11.3 Å². The minimum absolute atomic E-state index is 0.110. The number of aryl methyl sites for hydroxylation is 2. The van der Waals surface area contributed by atoms with E-state index in [0.717, 1.165) is 5.69 Å². The second-order valence-electron chi connectivity index (χ2n) is 3.28. The van der Waals surface area contributed by atoms with Crippen LogP contribution in [-0.2, 0) is 18.3 Å². The van der Waals surface area contributed by atoms with E-state index in [2.05, 4.69) is 5.10 Å². The molecule has 5 heteroatoms. The highest BCUT2D eigenvalue weighted by Crippen LogP contribution is 2.15. The van der Waals surface area contributed by atoms with Crippen LogP contribution in [0.5, 0.6) is 0 Å². The summed E-state index contributed by atoms with van der Waals surface area (Å²) in [5, 5.41) is 12.5. The first-order valence-corrected chi connectivity index (χ1v) is 4.29. The second kappa shape index (κ2) is 3.77. The molecule has 0 bridgehead atoms. The first-order valence-electron chi connectivity index (χ1n) is 4.29. The summed E-state index contributed by atoms with van der Waals surface area (Å²) in [5.74, 6) is -1.42. The van der Waals surface area contributed by atoms with Gasteiger partial charge in [-0.2, -0.15) is 5.10 Å². The van der Waals surface area contributed by atoms with E-state index in [-0.39, 0.29) is 6.42 Å². The van der Waals surface area contributed by atoms with Crippen molar-refractivity contribution in [3.05, 3.63) is 17.0 Å². The lowest BCUT2D eigenvalue weighted by Gasteiger charge is -2.03. The van der Waals surface area contributed by atoms with Gasteiger partial charge in [0.1, 0.15) is 0 Å². The number of hydrogen-bond donors (Lipinski definition) is 1. The van der Waals surface area contributed by atoms with Gasteiger partial charge in [-0.25, -0.2) is 9.18 Å². The highest BCUT2D eigenvalue weighted by Gasteiger charge is 2.20. The van der Waals surface area contributed by atoms with Gasteiger partial charge in [-0.05, 0) is 19.4 Å². The number of carbonyl (C=O) groups is 1. The summed E-state index contributed by atoms with van der Waals surface area (Å²) < 4.78 is 14.6. The zero-order chi connectivity index (χ0) is 10.9. The van der Waals surface area contributed by atoms with Gasteiger partial charge in [0.25, 0.3) is 0 Å². The van der Waals surface area contributed by atoms with Gasteiger partial charge in [0, 0.05) is 19.2 Å². The number of rotatable bonds is 3. The van der Waals surface area contributed by atoms with Crippen molar-refractivity contribution >= 4 is 5.97 Å². The Kier molecular flexibility index (Phi) is 2.88. The molecule has 0 saturated heterocycles. The molecular formula is C9H13FN2O2. The van der Waals surface area contributed by atoms with Crippen LogP contribution in [0.25, 0.3) is 0 Å². The Bertz CT molecular complexity index is 360. The molecule has 1 rings (SSSR count). The van der Waals surface area contributed by atoms with Crippen LogP contribution >= 0.6 is 0 Å². The van der Waals surface area contributed by atoms with Gasteiger partial charge in [0.05, 0.1) is 5.69 Å². The van der Waals surface area contributed by atoms with E-state index in [9.17, 15) is 9.18 Å². The number of carboxylic acids is 1. The Hall–Kier alpha value is -1.39. The summed E-state index contributed by atoms with van der Waals surface area (Å²) in [6.45, 7) is 3.54. The number of aliphatic carboxylic acids is 1. The van der Waals surface area contributed by atoms with Gasteiger partial charge in [0.2, 0.25) is 6.17 Å². The molecule has 0 amide bonds. The van der Waals surface area contributed by atoms with Crippen molar-refractivity contribution in [2.75, 3.05) is 0 Å². The summed E-state index contributed by atoms with van der Waals surface area (Å²) >= 11 is 0. The molecule has 1 heterocycles. The molecule has 0 aliphatic carbocycles. The Morgan fingerprint density at radius 1 is 1.64 bits per heavy atom. The zero-order valence-electron chi connectivity index (χ0n) is 8.41. The number of aromatic nitrogens is 2. The summed E-state index contributed by atoms with van der Waals surface area (Å²) in [5.41, 5.74) is 2.18. The standard InChI is InChI=1S/C9H13FN2O2/c1-5-7(4-8(10)9(13)14)6(2)12(3)11-5/h8H,4H2,1-3H3,(H,13,14). The van der Waals surface area contributed by atoms with E-state index < -0.39 is 12.1 Å². The molecular weight excluding hydrogens is 187 g/mol. The van der Waals surface area contributed by atoms with Crippen molar-refractivity contribution in [2.45, 2.75) is 26.4 Å². The van der Waals surface area contributed by atoms with Gasteiger partial charge < -0.3 is 5.11 Å². The summed E-state index contributed by atoms with van der Waals surface area (Å²) in [6, 6.07) is 0. The van der Waals surface area contributed by atoms with Crippen molar-refractivity contribution in [2.24, 2.45) is 7.05 Å². The molecule has 0 spiro atoms. The molecule has 4 nitrogen and oxygen atoms in total. The van der Waals surface area contributed by atoms with E-state index in [4.69, 9.17) is 5.11 Å². The average Bonchev–Trinajstić information content (AvgIpc) is 2.32. The largest absolute Gasteiger partial charge is 0.479 e. The lowest BCUT2D eigenvalue weighted by atomic mass is 10.1. The second-order valence-corrected chi connectivity index (χ2v) is 3.28. The smallest absolute Gasteiger partial charge is 0.338 e. The molecule has 1 aromatic rings. The maximum atomic E-state index is 12.9. The van der Waals surface area contributed by atoms with Crippen LogP contribution in [-0.4, -0.2) is 27.0 Å². The van der Waals surface area contributed by atoms with Crippen molar-refractivity contribution in [1.82, 2.24) is 9.78 Å². The monoisotopic (exact) mass is 200 g/mol. The maximum absolute atomic E-state index is 12.9. The molecule has 1 N–H and O–H groups in total. The Balaban J connectivity index is 2.91. The lowest BCUT2D eigenvalue weighted by molar-refractivity contribution is -0.142. The number of hydrogen-bond acceptors (Lipinski definition) is 2. The van der Waals surface area contributed by atoms with Crippen LogP contribution in [0.2, 0.25) is 0 Å². The quantitative estimate of drug-likeness (QED) is 0.792. The van der Waals surface area contributed by atoms with Gasteiger partial charge in [-0.3, -0.25) is 4.68 Å². The van der Waals surface area contributed by atoms with Gasteiger partial charge in [0.15, 0.2) is 0 Å². The van der Waals surface area contributed by atoms with E-state index in [1.54, 1.807) is 25.6 Å². The zero-order valence-corrected chi connectivity index (χ0v) is 8.41. The van der Waals surface area contributed by atoms with Crippen LogP contribution in [0.1, 0.15) is 17.0 Å². The summed E-state index contributed by atoms with van der Waals surface area (Å²) in [6.07, 6.45) is -1.96. The van der Waals surface area contributed by atoms with E-state index in [1.165, 1.54) is 0 Å². The lowest BCUT2D eigenvalue weighted by Crippen LogP contribution is -2.17. The van der Waals surface area contributed by atoms with Gasteiger partial charge in [-0.15, -0.1) is 0 Å². The van der Waals surface area contributed by atoms with Gasteiger partial charge >= 0.3 is 5.97 Å². The highest BCUT2D eigenvalue weighted by molar-refractivity contribution is 5.72. The molecule has 0 fully saturated rings. The minimum atomic E-state index is -1.85. The molecule has 0 aliphatic rings. The van der Waals surface area contributed by atoms with Crippen LogP contribution < -0.4 is 0 Å². The first kappa shape index (κ1) is 10.7. The highest BCUT2D eigenvalue weighted by atomic mass is 19.1. The third kappa shape index (κ3) is 1.92. The van der Waals surface area contributed by atoms with Crippen molar-refractivity contribution in [3.8, 4) is 0 Å². The van der Waals surface area contributed by atoms with Gasteiger partial charge in [-0.1, -0.05) is 0 Å². The average molecular weight is 200 g/mol. The number of halogens is 1. The predicted octanol–water partition coefficient (Wildman–Crippen LogP) is 1.00.